The van der Waals surface area contributed by atoms with Crippen molar-refractivity contribution in [2.45, 2.75) is 6.92 Å². The van der Waals surface area contributed by atoms with Gasteiger partial charge in [-0.25, -0.2) is 14.4 Å². The van der Waals surface area contributed by atoms with Gasteiger partial charge in [-0.2, -0.15) is 0 Å². The minimum absolute atomic E-state index is 0.314. The second-order valence-electron chi connectivity index (χ2n) is 3.43. The first-order valence-corrected chi connectivity index (χ1v) is 6.35. The van der Waals surface area contributed by atoms with Gasteiger partial charge in [0.2, 0.25) is 0 Å². The fourth-order valence-corrected chi connectivity index (χ4v) is 2.09. The van der Waals surface area contributed by atoms with Crippen LogP contribution in [0, 0.1) is 12.7 Å². The summed E-state index contributed by atoms with van der Waals surface area (Å²) in [5, 5.41) is 3.04. The number of hydrogen-bond acceptors (Lipinski definition) is 3. The fraction of sp³-hybridized carbons (Fsp3) is 0.0909. The number of benzene rings is 1. The van der Waals surface area contributed by atoms with Crippen LogP contribution in [0.3, 0.4) is 0 Å². The van der Waals surface area contributed by atoms with Gasteiger partial charge in [0.15, 0.2) is 0 Å². The highest BCUT2D eigenvalue weighted by molar-refractivity contribution is 9.10. The summed E-state index contributed by atoms with van der Waals surface area (Å²) in [6.07, 6.45) is 1.43. The monoisotopic (exact) mass is 359 g/mol. The van der Waals surface area contributed by atoms with Crippen LogP contribution in [0.1, 0.15) is 5.56 Å². The zero-order valence-corrected chi connectivity index (χ0v) is 12.0. The topological polar surface area (TPSA) is 37.8 Å². The summed E-state index contributed by atoms with van der Waals surface area (Å²) < 4.78 is 14.5. The van der Waals surface area contributed by atoms with E-state index in [9.17, 15) is 4.39 Å². The Kier molecular flexibility index (Phi) is 3.73. The highest BCUT2D eigenvalue weighted by atomic mass is 79.9. The molecule has 0 atom stereocenters. The average Bonchev–Trinajstić information content (AvgIpc) is 2.26. The summed E-state index contributed by atoms with van der Waals surface area (Å²) in [6.45, 7) is 1.89. The van der Waals surface area contributed by atoms with Crippen molar-refractivity contribution < 1.29 is 4.39 Å². The van der Waals surface area contributed by atoms with Crippen LogP contribution >= 0.6 is 31.9 Å². The van der Waals surface area contributed by atoms with E-state index in [0.29, 0.717) is 20.6 Å². The van der Waals surface area contributed by atoms with Gasteiger partial charge in [0.25, 0.3) is 0 Å². The van der Waals surface area contributed by atoms with E-state index in [0.717, 1.165) is 5.56 Å². The van der Waals surface area contributed by atoms with Crippen LogP contribution in [-0.2, 0) is 0 Å². The Morgan fingerprint density at radius 2 is 1.94 bits per heavy atom. The van der Waals surface area contributed by atoms with Gasteiger partial charge in [-0.15, -0.1) is 0 Å². The van der Waals surface area contributed by atoms with Crippen LogP contribution in [0.25, 0.3) is 0 Å². The molecule has 1 aromatic heterocycles. The molecular weight excluding hydrogens is 353 g/mol. The van der Waals surface area contributed by atoms with Crippen molar-refractivity contribution in [2.24, 2.45) is 0 Å². The molecule has 0 fully saturated rings. The van der Waals surface area contributed by atoms with Crippen LogP contribution in [0.5, 0.6) is 0 Å². The largest absolute Gasteiger partial charge is 0.340 e. The maximum atomic E-state index is 13.4. The second kappa shape index (κ2) is 5.10. The van der Waals surface area contributed by atoms with Gasteiger partial charge in [-0.1, -0.05) is 0 Å². The van der Waals surface area contributed by atoms with Crippen LogP contribution in [-0.4, -0.2) is 9.97 Å². The van der Waals surface area contributed by atoms with Gasteiger partial charge in [-0.3, -0.25) is 0 Å². The molecule has 2 rings (SSSR count). The molecule has 0 aliphatic rings. The highest BCUT2D eigenvalue weighted by Gasteiger charge is 2.06. The zero-order chi connectivity index (χ0) is 12.4. The van der Waals surface area contributed by atoms with Crippen molar-refractivity contribution in [1.82, 2.24) is 9.97 Å². The lowest BCUT2D eigenvalue weighted by Crippen LogP contribution is -1.97. The Hall–Kier alpha value is -1.01. The van der Waals surface area contributed by atoms with E-state index < -0.39 is 0 Å². The molecule has 0 spiro atoms. The number of nitrogens with zero attached hydrogens (tertiary/aromatic N) is 2. The van der Waals surface area contributed by atoms with E-state index in [1.54, 1.807) is 12.1 Å². The zero-order valence-electron chi connectivity index (χ0n) is 8.84. The standard InChI is InChI=1S/C11H8Br2FN3/c1-6-2-7(12)8(14)3-9(6)17-11-4-10(13)15-5-16-11/h2-5H,1H3,(H,15,16,17). The maximum Gasteiger partial charge on any atom is 0.139 e. The highest BCUT2D eigenvalue weighted by Crippen LogP contribution is 2.26. The van der Waals surface area contributed by atoms with Crippen LogP contribution in [0.4, 0.5) is 15.9 Å². The van der Waals surface area contributed by atoms with Crippen molar-refractivity contribution in [3.8, 4) is 0 Å². The summed E-state index contributed by atoms with van der Waals surface area (Å²) in [7, 11) is 0. The predicted molar refractivity (Wildman–Crippen MR) is 71.9 cm³/mol. The van der Waals surface area contributed by atoms with Crippen LogP contribution < -0.4 is 5.32 Å². The van der Waals surface area contributed by atoms with Gasteiger partial charge >= 0.3 is 0 Å². The van der Waals surface area contributed by atoms with Gasteiger partial charge in [0.05, 0.1) is 4.47 Å². The molecule has 1 heterocycles. The lowest BCUT2D eigenvalue weighted by molar-refractivity contribution is 0.621. The Balaban J connectivity index is 2.33. The third kappa shape index (κ3) is 3.01. The Labute approximate surface area is 115 Å². The van der Waals surface area contributed by atoms with Crippen molar-refractivity contribution in [3.63, 3.8) is 0 Å². The normalized spacial score (nSPS) is 10.4. The van der Waals surface area contributed by atoms with Crippen molar-refractivity contribution in [1.29, 1.82) is 0 Å². The van der Waals surface area contributed by atoms with E-state index in [2.05, 4.69) is 47.1 Å². The second-order valence-corrected chi connectivity index (χ2v) is 5.10. The maximum absolute atomic E-state index is 13.4. The molecular formula is C11H8Br2FN3. The molecule has 1 N–H and O–H groups in total. The summed E-state index contributed by atoms with van der Waals surface area (Å²) in [6, 6.07) is 4.86. The van der Waals surface area contributed by atoms with Gasteiger partial charge in [0, 0.05) is 11.8 Å². The fourth-order valence-electron chi connectivity index (χ4n) is 1.32. The summed E-state index contributed by atoms with van der Waals surface area (Å²) >= 11 is 6.39. The molecule has 17 heavy (non-hydrogen) atoms. The number of hydrogen-bond donors (Lipinski definition) is 1. The van der Waals surface area contributed by atoms with Crippen LogP contribution in [0.15, 0.2) is 33.6 Å². The third-order valence-corrected chi connectivity index (χ3v) is 3.21. The summed E-state index contributed by atoms with van der Waals surface area (Å²) in [5.74, 6) is 0.294. The van der Waals surface area contributed by atoms with E-state index >= 15 is 0 Å². The number of anilines is 2. The number of aromatic nitrogens is 2. The van der Waals surface area contributed by atoms with E-state index in [1.807, 2.05) is 6.92 Å². The molecule has 0 amide bonds. The molecule has 0 saturated heterocycles. The first-order valence-electron chi connectivity index (χ1n) is 4.76. The average molecular weight is 361 g/mol. The Morgan fingerprint density at radius 3 is 2.65 bits per heavy atom. The lowest BCUT2D eigenvalue weighted by Gasteiger charge is -2.09. The van der Waals surface area contributed by atoms with E-state index in [-0.39, 0.29) is 5.82 Å². The van der Waals surface area contributed by atoms with Crippen molar-refractivity contribution in [3.05, 3.63) is 45.0 Å². The van der Waals surface area contributed by atoms with Gasteiger partial charge in [0.1, 0.15) is 22.6 Å². The first kappa shape index (κ1) is 12.4. The van der Waals surface area contributed by atoms with E-state index in [4.69, 9.17) is 0 Å². The molecule has 0 unspecified atom stereocenters. The molecule has 0 aliphatic heterocycles. The minimum atomic E-state index is -0.314. The quantitative estimate of drug-likeness (QED) is 0.816. The molecule has 88 valence electrons. The molecule has 0 radical (unpaired) electrons. The van der Waals surface area contributed by atoms with Crippen molar-refractivity contribution >= 4 is 43.4 Å². The van der Waals surface area contributed by atoms with E-state index in [1.165, 1.54) is 12.4 Å². The molecule has 3 nitrogen and oxygen atoms in total. The van der Waals surface area contributed by atoms with Gasteiger partial charge in [-0.05, 0) is 56.5 Å². The number of halogens is 3. The summed E-state index contributed by atoms with van der Waals surface area (Å²) in [5.41, 5.74) is 1.60. The Morgan fingerprint density at radius 1 is 1.18 bits per heavy atom. The van der Waals surface area contributed by atoms with Gasteiger partial charge < -0.3 is 5.32 Å². The molecule has 0 aliphatic carbocycles. The molecule has 1 aromatic carbocycles. The number of nitrogens with one attached hydrogen (secondary N) is 1. The number of aryl methyl sites for hydroxylation is 1. The molecule has 0 saturated carbocycles. The smallest absolute Gasteiger partial charge is 0.139 e. The lowest BCUT2D eigenvalue weighted by atomic mass is 10.2. The minimum Gasteiger partial charge on any atom is -0.340 e. The SMILES string of the molecule is Cc1cc(Br)c(F)cc1Nc1cc(Br)ncn1. The first-order chi connectivity index (χ1) is 8.06. The summed E-state index contributed by atoms with van der Waals surface area (Å²) in [4.78, 5) is 7.96. The van der Waals surface area contributed by atoms with Crippen molar-refractivity contribution in [2.75, 3.05) is 5.32 Å². The van der Waals surface area contributed by atoms with Crippen LogP contribution in [0.2, 0.25) is 0 Å². The molecule has 2 aromatic rings. The predicted octanol–water partition coefficient (Wildman–Crippen LogP) is 4.19. The Bertz CT molecular complexity index is 560. The number of rotatable bonds is 2. The molecule has 0 bridgehead atoms. The molecule has 6 heteroatoms. The third-order valence-electron chi connectivity index (χ3n) is 2.16.